The third-order valence-electron chi connectivity index (χ3n) is 3.60. The summed E-state index contributed by atoms with van der Waals surface area (Å²) in [7, 11) is 3.12. The monoisotopic (exact) mass is 348 g/mol. The van der Waals surface area contributed by atoms with Crippen molar-refractivity contribution < 1.29 is 14.3 Å². The highest BCUT2D eigenvalue weighted by Gasteiger charge is 2.11. The Morgan fingerprint density at radius 1 is 1.17 bits per heavy atom. The van der Waals surface area contributed by atoms with Crippen LogP contribution in [0.2, 0.25) is 5.02 Å². The number of hydrogen-bond acceptors (Lipinski definition) is 4. The van der Waals surface area contributed by atoms with Crippen molar-refractivity contribution in [3.05, 3.63) is 53.1 Å². The molecule has 0 aliphatic heterocycles. The maximum atomic E-state index is 12.2. The minimum atomic E-state index is -0.171. The van der Waals surface area contributed by atoms with Gasteiger partial charge in [0.25, 0.3) is 0 Å². The Labute approximate surface area is 146 Å². The molecule has 1 atom stereocenters. The highest BCUT2D eigenvalue weighted by Crippen LogP contribution is 2.28. The molecule has 2 rings (SSSR count). The Hall–Kier alpha value is -2.24. The van der Waals surface area contributed by atoms with Gasteiger partial charge in [-0.25, -0.2) is 0 Å². The zero-order valence-corrected chi connectivity index (χ0v) is 14.7. The zero-order chi connectivity index (χ0) is 17.5. The van der Waals surface area contributed by atoms with Crippen LogP contribution in [-0.2, 0) is 4.79 Å². The van der Waals surface area contributed by atoms with Gasteiger partial charge in [-0.3, -0.25) is 4.79 Å². The van der Waals surface area contributed by atoms with Crippen LogP contribution in [0.1, 0.15) is 18.5 Å². The third kappa shape index (κ3) is 4.88. The van der Waals surface area contributed by atoms with Gasteiger partial charge < -0.3 is 20.1 Å². The molecule has 0 aliphatic rings. The standard InChI is InChI=1S/C18H21ClN2O3/c1-12(13-5-4-6-14(19)9-13)20-11-18(22)21-16-10-15(23-2)7-8-17(16)24-3/h4-10,12,20H,11H2,1-3H3,(H,21,22)/t12-/m1/s1. The lowest BCUT2D eigenvalue weighted by atomic mass is 10.1. The molecule has 0 bridgehead atoms. The molecule has 0 saturated carbocycles. The van der Waals surface area contributed by atoms with Gasteiger partial charge in [0.2, 0.25) is 5.91 Å². The highest BCUT2D eigenvalue weighted by molar-refractivity contribution is 6.30. The smallest absolute Gasteiger partial charge is 0.238 e. The van der Waals surface area contributed by atoms with Gasteiger partial charge in [-0.15, -0.1) is 0 Å². The van der Waals surface area contributed by atoms with Crippen molar-refractivity contribution in [2.45, 2.75) is 13.0 Å². The number of carbonyl (C=O) groups is 1. The summed E-state index contributed by atoms with van der Waals surface area (Å²) in [6, 6.07) is 12.8. The molecule has 2 N–H and O–H groups in total. The molecule has 0 spiro atoms. The summed E-state index contributed by atoms with van der Waals surface area (Å²) in [5.41, 5.74) is 1.59. The highest BCUT2D eigenvalue weighted by atomic mass is 35.5. The number of benzene rings is 2. The first-order chi connectivity index (χ1) is 11.5. The van der Waals surface area contributed by atoms with E-state index in [1.54, 1.807) is 32.4 Å². The molecule has 0 heterocycles. The topological polar surface area (TPSA) is 59.6 Å². The zero-order valence-electron chi connectivity index (χ0n) is 13.9. The molecule has 128 valence electrons. The molecule has 0 unspecified atom stereocenters. The quantitative estimate of drug-likeness (QED) is 0.802. The molecule has 0 saturated heterocycles. The predicted octanol–water partition coefficient (Wildman–Crippen LogP) is 3.65. The van der Waals surface area contributed by atoms with Crippen molar-refractivity contribution in [3.8, 4) is 11.5 Å². The van der Waals surface area contributed by atoms with E-state index in [1.807, 2.05) is 31.2 Å². The normalized spacial score (nSPS) is 11.7. The molecular formula is C18H21ClN2O3. The summed E-state index contributed by atoms with van der Waals surface area (Å²) in [6.45, 7) is 2.14. The molecule has 1 amide bonds. The van der Waals surface area contributed by atoms with Crippen molar-refractivity contribution >= 4 is 23.2 Å². The van der Waals surface area contributed by atoms with Gasteiger partial charge in [-0.05, 0) is 36.8 Å². The average Bonchev–Trinajstić information content (AvgIpc) is 2.59. The van der Waals surface area contributed by atoms with E-state index < -0.39 is 0 Å². The van der Waals surface area contributed by atoms with Gasteiger partial charge in [0.05, 0.1) is 26.5 Å². The van der Waals surface area contributed by atoms with Crippen molar-refractivity contribution in [1.29, 1.82) is 0 Å². The Bertz CT molecular complexity index is 706. The largest absolute Gasteiger partial charge is 0.497 e. The lowest BCUT2D eigenvalue weighted by Gasteiger charge is -2.15. The Morgan fingerprint density at radius 2 is 1.96 bits per heavy atom. The van der Waals surface area contributed by atoms with Crippen LogP contribution in [0.3, 0.4) is 0 Å². The lowest BCUT2D eigenvalue weighted by molar-refractivity contribution is -0.115. The summed E-state index contributed by atoms with van der Waals surface area (Å²) in [4.78, 5) is 12.2. The Morgan fingerprint density at radius 3 is 2.62 bits per heavy atom. The molecule has 0 aromatic heterocycles. The number of anilines is 1. The van der Waals surface area contributed by atoms with Gasteiger partial charge in [-0.2, -0.15) is 0 Å². The number of amides is 1. The van der Waals surface area contributed by atoms with Crippen LogP contribution in [0.5, 0.6) is 11.5 Å². The van der Waals surface area contributed by atoms with Crippen LogP contribution in [0.15, 0.2) is 42.5 Å². The minimum Gasteiger partial charge on any atom is -0.497 e. The number of halogens is 1. The van der Waals surface area contributed by atoms with Crippen LogP contribution in [0.25, 0.3) is 0 Å². The molecule has 24 heavy (non-hydrogen) atoms. The number of nitrogens with one attached hydrogen (secondary N) is 2. The maximum Gasteiger partial charge on any atom is 0.238 e. The van der Waals surface area contributed by atoms with E-state index in [1.165, 1.54) is 0 Å². The fraction of sp³-hybridized carbons (Fsp3) is 0.278. The molecule has 2 aromatic rings. The summed E-state index contributed by atoms with van der Waals surface area (Å²) < 4.78 is 10.4. The van der Waals surface area contributed by atoms with Gasteiger partial charge in [0.15, 0.2) is 0 Å². The Balaban J connectivity index is 1.96. The van der Waals surface area contributed by atoms with E-state index >= 15 is 0 Å². The summed E-state index contributed by atoms with van der Waals surface area (Å²) >= 11 is 5.99. The second-order valence-electron chi connectivity index (χ2n) is 5.27. The van der Waals surface area contributed by atoms with Gasteiger partial charge in [0, 0.05) is 17.1 Å². The fourth-order valence-corrected chi connectivity index (χ4v) is 2.44. The van der Waals surface area contributed by atoms with Crippen molar-refractivity contribution in [2.75, 3.05) is 26.1 Å². The van der Waals surface area contributed by atoms with Gasteiger partial charge in [-0.1, -0.05) is 23.7 Å². The summed E-state index contributed by atoms with van der Waals surface area (Å²) in [5, 5.41) is 6.66. The number of methoxy groups -OCH3 is 2. The summed E-state index contributed by atoms with van der Waals surface area (Å²) in [5.74, 6) is 1.05. The fourth-order valence-electron chi connectivity index (χ4n) is 2.25. The van der Waals surface area contributed by atoms with Crippen molar-refractivity contribution in [2.24, 2.45) is 0 Å². The average molecular weight is 349 g/mol. The number of carbonyl (C=O) groups excluding carboxylic acids is 1. The number of rotatable bonds is 7. The van der Waals surface area contributed by atoms with Crippen LogP contribution >= 0.6 is 11.6 Å². The molecule has 0 aliphatic carbocycles. The number of hydrogen-bond donors (Lipinski definition) is 2. The molecular weight excluding hydrogens is 328 g/mol. The predicted molar refractivity (Wildman–Crippen MR) is 96.0 cm³/mol. The van der Waals surface area contributed by atoms with Crippen LogP contribution in [-0.4, -0.2) is 26.7 Å². The van der Waals surface area contributed by atoms with Gasteiger partial charge >= 0.3 is 0 Å². The van der Waals surface area contributed by atoms with Crippen LogP contribution in [0, 0.1) is 0 Å². The summed E-state index contributed by atoms with van der Waals surface area (Å²) in [6.07, 6.45) is 0. The molecule has 2 aromatic carbocycles. The van der Waals surface area contributed by atoms with E-state index in [2.05, 4.69) is 10.6 Å². The van der Waals surface area contributed by atoms with Gasteiger partial charge in [0.1, 0.15) is 11.5 Å². The molecule has 0 fully saturated rings. The molecule has 0 radical (unpaired) electrons. The lowest BCUT2D eigenvalue weighted by Crippen LogP contribution is -2.30. The van der Waals surface area contributed by atoms with E-state index in [4.69, 9.17) is 21.1 Å². The molecule has 6 heteroatoms. The van der Waals surface area contributed by atoms with Crippen LogP contribution in [0.4, 0.5) is 5.69 Å². The van der Waals surface area contributed by atoms with Crippen molar-refractivity contribution in [3.63, 3.8) is 0 Å². The van der Waals surface area contributed by atoms with Crippen molar-refractivity contribution in [1.82, 2.24) is 5.32 Å². The SMILES string of the molecule is COc1ccc(OC)c(NC(=O)CN[C@H](C)c2cccc(Cl)c2)c1. The number of ether oxygens (including phenoxy) is 2. The first-order valence-electron chi connectivity index (χ1n) is 7.54. The first-order valence-corrected chi connectivity index (χ1v) is 7.92. The maximum absolute atomic E-state index is 12.2. The molecule has 5 nitrogen and oxygen atoms in total. The van der Waals surface area contributed by atoms with E-state index in [0.717, 1.165) is 5.56 Å². The van der Waals surface area contributed by atoms with Crippen LogP contribution < -0.4 is 20.1 Å². The minimum absolute atomic E-state index is 0.00153. The van der Waals surface area contributed by atoms with E-state index in [9.17, 15) is 4.79 Å². The van der Waals surface area contributed by atoms with E-state index in [-0.39, 0.29) is 18.5 Å². The second-order valence-corrected chi connectivity index (χ2v) is 5.71. The first kappa shape index (κ1) is 18.1. The Kier molecular flexibility index (Phi) is 6.46. The third-order valence-corrected chi connectivity index (χ3v) is 3.83. The van der Waals surface area contributed by atoms with E-state index in [0.29, 0.717) is 22.2 Å². The second kappa shape index (κ2) is 8.57.